The molecule has 25 heavy (non-hydrogen) atoms. The predicted molar refractivity (Wildman–Crippen MR) is 86.3 cm³/mol. The lowest BCUT2D eigenvalue weighted by atomic mass is 9.98. The Morgan fingerprint density at radius 2 is 1.56 bits per heavy atom. The summed E-state index contributed by atoms with van der Waals surface area (Å²) in [6.45, 7) is 0. The molecular formula is C17H19FN2O4S. The van der Waals surface area contributed by atoms with Gasteiger partial charge in [-0.15, -0.1) is 0 Å². The summed E-state index contributed by atoms with van der Waals surface area (Å²) >= 11 is 0. The van der Waals surface area contributed by atoms with Crippen LogP contribution in [0.15, 0.2) is 29.2 Å². The molecular weight excluding hydrogens is 347 g/mol. The molecule has 1 aromatic carbocycles. The molecule has 134 valence electrons. The number of carbonyl (C=O) groups is 2. The third-order valence-electron chi connectivity index (χ3n) is 5.47. The molecule has 2 bridgehead atoms. The maximum absolute atomic E-state index is 13.5. The minimum absolute atomic E-state index is 0.0452. The first-order valence-electron chi connectivity index (χ1n) is 8.52. The molecule has 2 atom stereocenters. The monoisotopic (exact) mass is 366 g/mol. The van der Waals surface area contributed by atoms with Gasteiger partial charge in [0, 0.05) is 31.0 Å². The molecule has 1 aromatic rings. The smallest absolute Gasteiger partial charge is 0.243 e. The second kappa shape index (κ2) is 5.88. The molecule has 0 radical (unpaired) electrons. The number of imide groups is 1. The van der Waals surface area contributed by atoms with Gasteiger partial charge in [-0.3, -0.25) is 14.5 Å². The number of nitrogens with zero attached hydrogens (tertiary/aromatic N) is 2. The number of benzene rings is 1. The molecule has 3 aliphatic heterocycles. The highest BCUT2D eigenvalue weighted by Gasteiger charge is 2.50. The minimum Gasteiger partial charge on any atom is -0.279 e. The number of fused-ring (bicyclic) bond motifs is 2. The largest absolute Gasteiger partial charge is 0.279 e. The van der Waals surface area contributed by atoms with Gasteiger partial charge < -0.3 is 0 Å². The van der Waals surface area contributed by atoms with Gasteiger partial charge in [0.25, 0.3) is 0 Å². The van der Waals surface area contributed by atoms with E-state index in [1.54, 1.807) is 0 Å². The van der Waals surface area contributed by atoms with E-state index in [4.69, 9.17) is 0 Å². The fourth-order valence-electron chi connectivity index (χ4n) is 4.46. The van der Waals surface area contributed by atoms with Crippen molar-refractivity contribution in [1.29, 1.82) is 0 Å². The zero-order valence-corrected chi connectivity index (χ0v) is 14.4. The van der Waals surface area contributed by atoms with Crippen molar-refractivity contribution >= 4 is 21.8 Å². The van der Waals surface area contributed by atoms with Crippen LogP contribution in [0.5, 0.6) is 0 Å². The molecule has 2 amide bonds. The first kappa shape index (κ1) is 16.7. The average Bonchev–Trinajstić information content (AvgIpc) is 3.04. The maximum atomic E-state index is 13.5. The van der Waals surface area contributed by atoms with Gasteiger partial charge in [-0.05, 0) is 43.9 Å². The third kappa shape index (κ3) is 2.67. The maximum Gasteiger partial charge on any atom is 0.243 e. The molecule has 8 heteroatoms. The van der Waals surface area contributed by atoms with Crippen LogP contribution in [0.3, 0.4) is 0 Å². The van der Waals surface area contributed by atoms with Crippen LogP contribution >= 0.6 is 0 Å². The van der Waals surface area contributed by atoms with Gasteiger partial charge in [0.05, 0.1) is 4.90 Å². The van der Waals surface area contributed by atoms with Gasteiger partial charge in [-0.2, -0.15) is 4.31 Å². The van der Waals surface area contributed by atoms with Crippen molar-refractivity contribution in [3.05, 3.63) is 30.1 Å². The van der Waals surface area contributed by atoms with Crippen LogP contribution in [0.2, 0.25) is 0 Å². The molecule has 3 aliphatic rings. The van der Waals surface area contributed by atoms with Crippen LogP contribution in [0.4, 0.5) is 4.39 Å². The van der Waals surface area contributed by atoms with Gasteiger partial charge >= 0.3 is 0 Å². The lowest BCUT2D eigenvalue weighted by Crippen LogP contribution is -2.53. The summed E-state index contributed by atoms with van der Waals surface area (Å²) in [5.74, 6) is -0.900. The number of hydrogen-bond donors (Lipinski definition) is 0. The van der Waals surface area contributed by atoms with Gasteiger partial charge in [0.15, 0.2) is 0 Å². The van der Waals surface area contributed by atoms with Crippen molar-refractivity contribution in [3.8, 4) is 0 Å². The van der Waals surface area contributed by atoms with E-state index < -0.39 is 15.8 Å². The summed E-state index contributed by atoms with van der Waals surface area (Å²) in [5.41, 5.74) is 0. The molecule has 0 saturated carbocycles. The van der Waals surface area contributed by atoms with E-state index in [0.29, 0.717) is 25.7 Å². The molecule has 3 heterocycles. The zero-order valence-electron chi connectivity index (χ0n) is 13.6. The number of amides is 2. The van der Waals surface area contributed by atoms with E-state index in [0.717, 1.165) is 6.07 Å². The first-order chi connectivity index (χ1) is 11.9. The van der Waals surface area contributed by atoms with Crippen molar-refractivity contribution in [2.75, 3.05) is 0 Å². The number of hydrogen-bond acceptors (Lipinski definition) is 4. The van der Waals surface area contributed by atoms with E-state index in [1.165, 1.54) is 27.4 Å². The molecule has 3 fully saturated rings. The molecule has 4 rings (SSSR count). The van der Waals surface area contributed by atoms with E-state index in [9.17, 15) is 22.4 Å². The molecule has 3 saturated heterocycles. The molecule has 0 spiro atoms. The number of likely N-dealkylation sites (tertiary alicyclic amines) is 1. The summed E-state index contributed by atoms with van der Waals surface area (Å²) in [4.78, 5) is 25.3. The Hall–Kier alpha value is -1.80. The second-order valence-corrected chi connectivity index (χ2v) is 8.80. The third-order valence-corrected chi connectivity index (χ3v) is 7.47. The SMILES string of the molecule is O=C1CCC(=O)N1C1CC2CCC(C1)N2S(=O)(=O)c1cccc(F)c1. The Bertz CT molecular complexity index is 811. The van der Waals surface area contributed by atoms with Crippen LogP contribution in [0.25, 0.3) is 0 Å². The van der Waals surface area contributed by atoms with Crippen molar-refractivity contribution in [3.63, 3.8) is 0 Å². The van der Waals surface area contributed by atoms with Gasteiger partial charge in [0.2, 0.25) is 21.8 Å². The van der Waals surface area contributed by atoms with E-state index >= 15 is 0 Å². The Morgan fingerprint density at radius 1 is 0.960 bits per heavy atom. The van der Waals surface area contributed by atoms with Gasteiger partial charge in [-0.25, -0.2) is 12.8 Å². The summed E-state index contributed by atoms with van der Waals surface area (Å²) in [6.07, 6.45) is 2.81. The Kier molecular flexibility index (Phi) is 3.92. The van der Waals surface area contributed by atoms with Crippen molar-refractivity contribution in [2.24, 2.45) is 0 Å². The number of sulfonamides is 1. The second-order valence-electron chi connectivity index (χ2n) is 6.96. The Labute approximate surface area is 145 Å². The fourth-order valence-corrected chi connectivity index (χ4v) is 6.38. The summed E-state index contributed by atoms with van der Waals surface area (Å²) in [7, 11) is -3.79. The minimum atomic E-state index is -3.79. The highest BCUT2D eigenvalue weighted by molar-refractivity contribution is 7.89. The van der Waals surface area contributed by atoms with Crippen molar-refractivity contribution < 1.29 is 22.4 Å². The average molecular weight is 366 g/mol. The lowest BCUT2D eigenvalue weighted by molar-refractivity contribution is -0.142. The Morgan fingerprint density at radius 3 is 2.12 bits per heavy atom. The number of halogens is 1. The standard InChI is InChI=1S/C17H19FN2O4S/c18-11-2-1-3-15(8-11)25(23,24)20-12-4-5-13(20)10-14(9-12)19-16(21)6-7-17(19)22/h1-3,8,12-14H,4-7,9-10H2. The van der Waals surface area contributed by atoms with Crippen LogP contribution in [-0.4, -0.2) is 47.6 Å². The summed E-state index contributed by atoms with van der Waals surface area (Å²) in [5, 5.41) is 0. The number of piperidine rings is 1. The lowest BCUT2D eigenvalue weighted by Gasteiger charge is -2.40. The highest BCUT2D eigenvalue weighted by Crippen LogP contribution is 2.42. The van der Waals surface area contributed by atoms with Crippen molar-refractivity contribution in [1.82, 2.24) is 9.21 Å². The molecule has 6 nitrogen and oxygen atoms in total. The van der Waals surface area contributed by atoms with E-state index in [1.807, 2.05) is 0 Å². The Balaban J connectivity index is 1.61. The fraction of sp³-hybridized carbons (Fsp3) is 0.529. The molecule has 2 unspecified atom stereocenters. The first-order valence-corrected chi connectivity index (χ1v) is 9.96. The van der Waals surface area contributed by atoms with Crippen molar-refractivity contribution in [2.45, 2.75) is 61.5 Å². The van der Waals surface area contributed by atoms with Crippen LogP contribution in [0, 0.1) is 5.82 Å². The normalized spacial score (nSPS) is 30.3. The predicted octanol–water partition coefficient (Wildman–Crippen LogP) is 1.66. The molecule has 0 aliphatic carbocycles. The highest BCUT2D eigenvalue weighted by atomic mass is 32.2. The van der Waals surface area contributed by atoms with Gasteiger partial charge in [-0.1, -0.05) is 6.07 Å². The van der Waals surface area contributed by atoms with E-state index in [-0.39, 0.29) is 47.7 Å². The molecule has 0 aromatic heterocycles. The summed E-state index contributed by atoms with van der Waals surface area (Å²) in [6, 6.07) is 4.31. The quantitative estimate of drug-likeness (QED) is 0.763. The summed E-state index contributed by atoms with van der Waals surface area (Å²) < 4.78 is 40.9. The molecule has 0 N–H and O–H groups in total. The topological polar surface area (TPSA) is 74.8 Å². The number of carbonyl (C=O) groups excluding carboxylic acids is 2. The van der Waals surface area contributed by atoms with Crippen LogP contribution < -0.4 is 0 Å². The van der Waals surface area contributed by atoms with Crippen LogP contribution in [-0.2, 0) is 19.6 Å². The van der Waals surface area contributed by atoms with Gasteiger partial charge in [0.1, 0.15) is 5.82 Å². The van der Waals surface area contributed by atoms with E-state index in [2.05, 4.69) is 0 Å². The number of rotatable bonds is 3. The zero-order chi connectivity index (χ0) is 17.8. The van der Waals surface area contributed by atoms with Crippen LogP contribution in [0.1, 0.15) is 38.5 Å².